The zero-order valence-corrected chi connectivity index (χ0v) is 23.7. The van der Waals surface area contributed by atoms with E-state index in [9.17, 15) is 24.8 Å². The van der Waals surface area contributed by atoms with Gasteiger partial charge in [-0.05, 0) is 44.0 Å². The molecule has 1 fully saturated rings. The first-order chi connectivity index (χ1) is 19.6. The number of aromatic nitrogens is 3. The number of nitrogens with zero attached hydrogens (tertiary/aromatic N) is 4. The number of ether oxygens (including phenoxy) is 2. The maximum Gasteiger partial charge on any atom is 0.459 e. The van der Waals surface area contributed by atoms with Crippen LogP contribution in [0.1, 0.15) is 39.3 Å². The van der Waals surface area contributed by atoms with Crippen LogP contribution in [-0.2, 0) is 29.0 Å². The van der Waals surface area contributed by atoms with E-state index < -0.39 is 50.3 Å². The normalized spacial score (nSPS) is 24.6. The van der Waals surface area contributed by atoms with Crippen LogP contribution in [0, 0.1) is 11.3 Å². The Balaban J connectivity index is 1.56. The number of fused-ring (bicyclic) bond motifs is 1. The zero-order valence-electron chi connectivity index (χ0n) is 22.8. The summed E-state index contributed by atoms with van der Waals surface area (Å²) in [5, 5.41) is 38.6. The Hall–Kier alpha value is -3.57. The molecule has 3 heterocycles. The molecule has 0 saturated carbocycles. The third-order valence-electron chi connectivity index (χ3n) is 6.76. The van der Waals surface area contributed by atoms with Gasteiger partial charge >= 0.3 is 13.7 Å². The molecular weight excluding hydrogens is 555 g/mol. The lowest BCUT2D eigenvalue weighted by Gasteiger charge is -2.26. The van der Waals surface area contributed by atoms with Crippen LogP contribution in [0.5, 0.6) is 5.75 Å². The fourth-order valence-electron chi connectivity index (χ4n) is 4.44. The molecule has 1 aliphatic rings. The first-order valence-corrected chi connectivity index (χ1v) is 14.6. The SMILES string of the molecule is CCC(CC)OC(=O)[C@H](C)N[P@@](=O)(OC[C@H]1O[C@@](C#N)(c2ccc3c(N)ncnn23)[C@H](O)[C@@H]1O)Oc1ccccc1. The van der Waals surface area contributed by atoms with Gasteiger partial charge in [0.05, 0.1) is 12.3 Å². The first-order valence-electron chi connectivity index (χ1n) is 13.1. The van der Waals surface area contributed by atoms with E-state index in [4.69, 9.17) is 24.3 Å². The number of benzene rings is 1. The summed E-state index contributed by atoms with van der Waals surface area (Å²) in [6, 6.07) is 12.0. The molecule has 0 radical (unpaired) electrons. The van der Waals surface area contributed by atoms with Crippen LogP contribution in [0.3, 0.4) is 0 Å². The second-order valence-electron chi connectivity index (χ2n) is 9.52. The van der Waals surface area contributed by atoms with Crippen molar-refractivity contribution < 1.29 is 38.1 Å². The van der Waals surface area contributed by atoms with E-state index in [1.807, 2.05) is 19.9 Å². The quantitative estimate of drug-likeness (QED) is 0.177. The van der Waals surface area contributed by atoms with Gasteiger partial charge in [0, 0.05) is 0 Å². The number of para-hydroxylation sites is 1. The number of nitriles is 1. The predicted molar refractivity (Wildman–Crippen MR) is 145 cm³/mol. The number of rotatable bonds is 12. The zero-order chi connectivity index (χ0) is 29.8. The Bertz CT molecular complexity index is 1440. The molecule has 0 bridgehead atoms. The molecule has 0 aliphatic carbocycles. The summed E-state index contributed by atoms with van der Waals surface area (Å²) in [4.78, 5) is 16.6. The average Bonchev–Trinajstić information content (AvgIpc) is 3.51. The standard InChI is InChI=1S/C26H33N6O8P/c1-4-17(5-2)38-25(35)16(3)31-41(36,40-18-9-7-6-8-10-18)37-13-20-22(33)23(34)26(14-27,39-20)21-12-11-19-24(28)29-15-30-32(19)21/h6-12,15-17,20,22-23,33-34H,4-5,13H2,1-3H3,(H,31,36)(H2,28,29,30)/t16-,20+,22+,23+,26-,41+/m0/s1. The maximum atomic E-state index is 13.9. The fourth-order valence-corrected chi connectivity index (χ4v) is 5.95. The molecule has 6 atom stereocenters. The Morgan fingerprint density at radius 3 is 2.63 bits per heavy atom. The van der Waals surface area contributed by atoms with Gasteiger partial charge in [0.2, 0.25) is 5.60 Å². The molecule has 15 heteroatoms. The molecule has 3 aromatic rings. The van der Waals surface area contributed by atoms with Gasteiger partial charge in [-0.25, -0.2) is 14.1 Å². The van der Waals surface area contributed by atoms with Crippen LogP contribution < -0.4 is 15.3 Å². The summed E-state index contributed by atoms with van der Waals surface area (Å²) in [6.45, 7) is 4.62. The molecule has 0 spiro atoms. The number of hydrogen-bond acceptors (Lipinski definition) is 12. The van der Waals surface area contributed by atoms with Crippen molar-refractivity contribution in [3.05, 3.63) is 54.5 Å². The summed E-state index contributed by atoms with van der Waals surface area (Å²) >= 11 is 0. The number of nitrogens with two attached hydrogens (primary N) is 1. The van der Waals surface area contributed by atoms with Gasteiger partial charge in [0.25, 0.3) is 0 Å². The van der Waals surface area contributed by atoms with E-state index in [0.29, 0.717) is 18.4 Å². The third kappa shape index (κ3) is 6.20. The largest absolute Gasteiger partial charge is 0.461 e. The first kappa shape index (κ1) is 30.4. The van der Waals surface area contributed by atoms with Gasteiger partial charge < -0.3 is 29.9 Å². The Morgan fingerprint density at radius 1 is 1.27 bits per heavy atom. The molecule has 41 heavy (non-hydrogen) atoms. The molecule has 220 valence electrons. The minimum atomic E-state index is -4.32. The summed E-state index contributed by atoms with van der Waals surface area (Å²) in [5.74, 6) is -0.342. The Kier molecular flexibility index (Phi) is 9.28. The number of esters is 1. The van der Waals surface area contributed by atoms with Gasteiger partial charge in [-0.1, -0.05) is 32.0 Å². The van der Waals surface area contributed by atoms with E-state index >= 15 is 0 Å². The minimum Gasteiger partial charge on any atom is -0.461 e. The van der Waals surface area contributed by atoms with Crippen molar-refractivity contribution in [2.45, 2.75) is 69.7 Å². The number of nitrogen functional groups attached to an aromatic ring is 1. The second-order valence-corrected chi connectivity index (χ2v) is 11.2. The lowest BCUT2D eigenvalue weighted by atomic mass is 9.92. The van der Waals surface area contributed by atoms with Crippen molar-refractivity contribution in [3.63, 3.8) is 0 Å². The molecule has 0 unspecified atom stereocenters. The van der Waals surface area contributed by atoms with E-state index in [-0.39, 0.29) is 23.4 Å². The van der Waals surface area contributed by atoms with Gasteiger partial charge in [-0.3, -0.25) is 9.32 Å². The summed E-state index contributed by atoms with van der Waals surface area (Å²) in [5.41, 5.74) is 4.27. The Morgan fingerprint density at radius 2 is 1.98 bits per heavy atom. The van der Waals surface area contributed by atoms with Crippen LogP contribution >= 0.6 is 7.75 Å². The van der Waals surface area contributed by atoms with E-state index in [0.717, 1.165) is 0 Å². The molecule has 2 aromatic heterocycles. The van der Waals surface area contributed by atoms with Crippen LogP contribution in [0.4, 0.5) is 5.82 Å². The Labute approximate surface area is 236 Å². The molecule has 1 saturated heterocycles. The molecule has 5 N–H and O–H groups in total. The smallest absolute Gasteiger partial charge is 0.459 e. The van der Waals surface area contributed by atoms with Crippen molar-refractivity contribution in [1.82, 2.24) is 19.7 Å². The lowest BCUT2D eigenvalue weighted by Crippen LogP contribution is -2.41. The average molecular weight is 589 g/mol. The van der Waals surface area contributed by atoms with Crippen molar-refractivity contribution >= 4 is 25.1 Å². The molecular formula is C26H33N6O8P. The molecule has 4 rings (SSSR count). The number of anilines is 1. The van der Waals surface area contributed by atoms with Crippen LogP contribution in [0.2, 0.25) is 0 Å². The number of aliphatic hydroxyl groups is 2. The fraction of sp³-hybridized carbons (Fsp3) is 0.462. The van der Waals surface area contributed by atoms with Crippen LogP contribution in [0.15, 0.2) is 48.8 Å². The van der Waals surface area contributed by atoms with E-state index in [2.05, 4.69) is 15.2 Å². The number of hydrogen-bond donors (Lipinski definition) is 4. The molecule has 14 nitrogen and oxygen atoms in total. The number of nitrogens with one attached hydrogen (secondary N) is 1. The number of carbonyl (C=O) groups excluding carboxylic acids is 1. The predicted octanol–water partition coefficient (Wildman–Crippen LogP) is 2.06. The van der Waals surface area contributed by atoms with Gasteiger partial charge in [-0.15, -0.1) is 0 Å². The van der Waals surface area contributed by atoms with Crippen molar-refractivity contribution in [2.24, 2.45) is 0 Å². The molecule has 1 aliphatic heterocycles. The molecule has 0 amide bonds. The second kappa shape index (κ2) is 12.5. The minimum absolute atomic E-state index is 0.0952. The van der Waals surface area contributed by atoms with E-state index in [1.54, 1.807) is 36.4 Å². The highest BCUT2D eigenvalue weighted by Gasteiger charge is 2.58. The topological polar surface area (TPSA) is 204 Å². The summed E-state index contributed by atoms with van der Waals surface area (Å²) in [6.07, 6.45) is -2.63. The van der Waals surface area contributed by atoms with Gasteiger partial charge in [-0.2, -0.15) is 15.4 Å². The summed E-state index contributed by atoms with van der Waals surface area (Å²) < 4.78 is 37.8. The van der Waals surface area contributed by atoms with Gasteiger partial charge in [0.1, 0.15) is 54.1 Å². The molecule has 1 aromatic carbocycles. The number of aliphatic hydroxyl groups excluding tert-OH is 2. The third-order valence-corrected chi connectivity index (χ3v) is 8.41. The van der Waals surface area contributed by atoms with Crippen molar-refractivity contribution in [2.75, 3.05) is 12.3 Å². The van der Waals surface area contributed by atoms with E-state index in [1.165, 1.54) is 23.8 Å². The monoisotopic (exact) mass is 588 g/mol. The number of carbonyl (C=O) groups is 1. The van der Waals surface area contributed by atoms with Gasteiger partial charge in [0.15, 0.2) is 5.82 Å². The van der Waals surface area contributed by atoms with Crippen LogP contribution in [0.25, 0.3) is 5.52 Å². The highest BCUT2D eigenvalue weighted by atomic mass is 31.2. The highest BCUT2D eigenvalue weighted by Crippen LogP contribution is 2.47. The summed E-state index contributed by atoms with van der Waals surface area (Å²) in [7, 11) is -4.32. The van der Waals surface area contributed by atoms with Crippen molar-refractivity contribution in [3.8, 4) is 11.8 Å². The van der Waals surface area contributed by atoms with Crippen LogP contribution in [-0.4, -0.2) is 67.8 Å². The van der Waals surface area contributed by atoms with Crippen molar-refractivity contribution in [1.29, 1.82) is 5.26 Å². The maximum absolute atomic E-state index is 13.9. The highest BCUT2D eigenvalue weighted by molar-refractivity contribution is 7.52. The lowest BCUT2D eigenvalue weighted by molar-refractivity contribution is -0.151.